The van der Waals surface area contributed by atoms with Gasteiger partial charge in [-0.15, -0.1) is 0 Å². The Morgan fingerprint density at radius 1 is 1.24 bits per heavy atom. The van der Waals surface area contributed by atoms with Crippen molar-refractivity contribution in [1.29, 1.82) is 0 Å². The maximum Gasteiger partial charge on any atom is 0.412 e. The van der Waals surface area contributed by atoms with E-state index in [0.717, 1.165) is 22.8 Å². The van der Waals surface area contributed by atoms with E-state index < -0.39 is 18.0 Å². The zero-order valence-electron chi connectivity index (χ0n) is 21.0. The minimum atomic E-state index is -0.785. The van der Waals surface area contributed by atoms with Gasteiger partial charge in [-0.25, -0.2) is 9.18 Å². The molecule has 8 nitrogen and oxygen atoms in total. The number of aromatic nitrogens is 3. The lowest BCUT2D eigenvalue weighted by Crippen LogP contribution is -2.29. The summed E-state index contributed by atoms with van der Waals surface area (Å²) in [6, 6.07) is 11.1. The van der Waals surface area contributed by atoms with Crippen LogP contribution in [-0.2, 0) is 4.74 Å². The number of nitrogens with zero attached hydrogens (tertiary/aromatic N) is 4. The lowest BCUT2D eigenvalue weighted by molar-refractivity contribution is 0.0759. The number of pyridine rings is 1. The highest BCUT2D eigenvalue weighted by Gasteiger charge is 2.30. The number of nitrogens with one attached hydrogen (secondary N) is 1. The summed E-state index contributed by atoms with van der Waals surface area (Å²) < 4.78 is 21.8. The third-order valence-corrected chi connectivity index (χ3v) is 7.14. The van der Waals surface area contributed by atoms with Gasteiger partial charge >= 0.3 is 6.09 Å². The van der Waals surface area contributed by atoms with Crippen molar-refractivity contribution < 1.29 is 18.7 Å². The van der Waals surface area contributed by atoms with E-state index in [2.05, 4.69) is 34.5 Å². The first-order chi connectivity index (χ1) is 18.4. The molecule has 5 rings (SSSR count). The Morgan fingerprint density at radius 3 is 2.89 bits per heavy atom. The Morgan fingerprint density at radius 2 is 2.08 bits per heavy atom. The summed E-state index contributed by atoms with van der Waals surface area (Å²) in [7, 11) is 1.70. The van der Waals surface area contributed by atoms with Crippen molar-refractivity contribution in [2.75, 3.05) is 18.9 Å². The topological polar surface area (TPSA) is 89.4 Å². The largest absolute Gasteiger partial charge is 0.441 e. The quantitative estimate of drug-likeness (QED) is 0.283. The van der Waals surface area contributed by atoms with Crippen LogP contribution >= 0.6 is 11.6 Å². The minimum absolute atomic E-state index is 0.0178. The average Bonchev–Trinajstić information content (AvgIpc) is 3.40. The summed E-state index contributed by atoms with van der Waals surface area (Å²) in [6.07, 6.45) is 7.15. The lowest BCUT2D eigenvalue weighted by atomic mass is 10.0. The van der Waals surface area contributed by atoms with Crippen LogP contribution in [0.1, 0.15) is 59.8 Å². The molecule has 1 aliphatic heterocycles. The number of amides is 2. The number of anilines is 1. The van der Waals surface area contributed by atoms with Crippen LogP contribution in [0.25, 0.3) is 10.8 Å². The van der Waals surface area contributed by atoms with Crippen LogP contribution in [0.2, 0.25) is 5.02 Å². The van der Waals surface area contributed by atoms with Crippen molar-refractivity contribution in [3.63, 3.8) is 0 Å². The van der Waals surface area contributed by atoms with Gasteiger partial charge < -0.3 is 9.64 Å². The molecular weight excluding hydrogens is 509 g/mol. The molecule has 0 saturated carbocycles. The standard InChI is InChI=1S/C28H27ClFN5O3/c1-3-23(18-6-7-19-14-31-11-10-17(19)13-18)35-16-20(15-32-35)27(36)34(2)12-4-5-24-25-22(33-28(37)38-24)9-8-21(29)26(25)30/h6-11,13-16,23-24H,3-5,12H2,1-2H3,(H,33,37). The van der Waals surface area contributed by atoms with Gasteiger partial charge in [-0.1, -0.05) is 30.7 Å². The van der Waals surface area contributed by atoms with Gasteiger partial charge in [-0.3, -0.25) is 19.8 Å². The number of halogens is 2. The van der Waals surface area contributed by atoms with Crippen molar-refractivity contribution in [1.82, 2.24) is 19.7 Å². The van der Waals surface area contributed by atoms with Gasteiger partial charge in [0.2, 0.25) is 0 Å². The number of rotatable bonds is 8. The van der Waals surface area contributed by atoms with Crippen LogP contribution in [0, 0.1) is 5.82 Å². The van der Waals surface area contributed by atoms with Crippen molar-refractivity contribution in [3.8, 4) is 0 Å². The van der Waals surface area contributed by atoms with Crippen molar-refractivity contribution in [2.45, 2.75) is 38.3 Å². The van der Waals surface area contributed by atoms with Crippen LogP contribution in [0.15, 0.2) is 61.2 Å². The molecule has 2 unspecified atom stereocenters. The van der Waals surface area contributed by atoms with Gasteiger partial charge in [-0.2, -0.15) is 5.10 Å². The second-order valence-corrected chi connectivity index (χ2v) is 9.73. The molecule has 196 valence electrons. The van der Waals surface area contributed by atoms with Gasteiger partial charge in [0.25, 0.3) is 5.91 Å². The van der Waals surface area contributed by atoms with E-state index in [0.29, 0.717) is 30.6 Å². The molecule has 0 spiro atoms. The van der Waals surface area contributed by atoms with Crippen LogP contribution < -0.4 is 5.32 Å². The Balaban J connectivity index is 1.24. The van der Waals surface area contributed by atoms with Crippen LogP contribution in [0.4, 0.5) is 14.9 Å². The molecule has 2 aromatic carbocycles. The number of carbonyl (C=O) groups excluding carboxylic acids is 2. The van der Waals surface area contributed by atoms with E-state index in [1.54, 1.807) is 36.6 Å². The zero-order chi connectivity index (χ0) is 26.8. The number of hydrogen-bond acceptors (Lipinski definition) is 5. The number of fused-ring (bicyclic) bond motifs is 2. The molecule has 10 heteroatoms. The smallest absolute Gasteiger partial charge is 0.412 e. The molecule has 1 N–H and O–H groups in total. The molecule has 2 amide bonds. The van der Waals surface area contributed by atoms with E-state index in [9.17, 15) is 14.0 Å². The van der Waals surface area contributed by atoms with Crippen molar-refractivity contribution in [3.05, 3.63) is 88.7 Å². The van der Waals surface area contributed by atoms with Crippen LogP contribution in [-0.4, -0.2) is 45.3 Å². The summed E-state index contributed by atoms with van der Waals surface area (Å²) >= 11 is 5.93. The number of cyclic esters (lactones) is 1. The maximum atomic E-state index is 14.7. The molecule has 4 aromatic rings. The van der Waals surface area contributed by atoms with Gasteiger partial charge in [0.15, 0.2) is 5.82 Å². The Bertz CT molecular complexity index is 1510. The first-order valence-corrected chi connectivity index (χ1v) is 12.8. The highest BCUT2D eigenvalue weighted by Crippen LogP contribution is 2.38. The first-order valence-electron chi connectivity index (χ1n) is 12.4. The molecule has 0 aliphatic carbocycles. The molecule has 2 atom stereocenters. The van der Waals surface area contributed by atoms with Crippen LogP contribution in [0.5, 0.6) is 0 Å². The van der Waals surface area contributed by atoms with Gasteiger partial charge in [0.1, 0.15) is 6.10 Å². The second kappa shape index (κ2) is 10.8. The van der Waals surface area contributed by atoms with E-state index in [-0.39, 0.29) is 22.5 Å². The molecule has 0 saturated heterocycles. The second-order valence-electron chi connectivity index (χ2n) is 9.33. The summed E-state index contributed by atoms with van der Waals surface area (Å²) in [5.41, 5.74) is 2.15. The average molecular weight is 536 g/mol. The van der Waals surface area contributed by atoms with Gasteiger partial charge in [0.05, 0.1) is 34.1 Å². The highest BCUT2D eigenvalue weighted by molar-refractivity contribution is 6.31. The van der Waals surface area contributed by atoms with Crippen molar-refractivity contribution >= 4 is 40.1 Å². The molecule has 0 fully saturated rings. The fourth-order valence-corrected chi connectivity index (χ4v) is 5.02. The normalized spacial score (nSPS) is 15.5. The molecular formula is C28H27ClFN5O3. The highest BCUT2D eigenvalue weighted by atomic mass is 35.5. The third-order valence-electron chi connectivity index (χ3n) is 6.85. The lowest BCUT2D eigenvalue weighted by Gasteiger charge is -2.27. The van der Waals surface area contributed by atoms with E-state index in [4.69, 9.17) is 16.3 Å². The minimum Gasteiger partial charge on any atom is -0.441 e. The predicted molar refractivity (Wildman–Crippen MR) is 143 cm³/mol. The molecule has 0 bridgehead atoms. The Hall–Kier alpha value is -3.98. The number of hydrogen-bond donors (Lipinski definition) is 1. The number of benzene rings is 2. The fraction of sp³-hybridized carbons (Fsp3) is 0.286. The maximum absolute atomic E-state index is 14.7. The SMILES string of the molecule is CCC(c1ccc2cnccc2c1)n1cc(C(=O)N(C)CCCC2OC(=O)Nc3ccc(Cl)c(F)c32)cn1. The summed E-state index contributed by atoms with van der Waals surface area (Å²) in [5.74, 6) is -0.785. The van der Waals surface area contributed by atoms with E-state index >= 15 is 0 Å². The van der Waals surface area contributed by atoms with Gasteiger partial charge in [0, 0.05) is 37.6 Å². The van der Waals surface area contributed by atoms with Crippen LogP contribution in [0.3, 0.4) is 0 Å². The first kappa shape index (κ1) is 25.7. The van der Waals surface area contributed by atoms with E-state index in [1.807, 2.05) is 23.0 Å². The molecule has 38 heavy (non-hydrogen) atoms. The fourth-order valence-electron chi connectivity index (χ4n) is 4.86. The molecule has 1 aliphatic rings. The molecule has 0 radical (unpaired) electrons. The Kier molecular flexibility index (Phi) is 7.28. The Labute approximate surface area is 224 Å². The van der Waals surface area contributed by atoms with E-state index in [1.165, 1.54) is 6.07 Å². The molecule has 3 heterocycles. The van der Waals surface area contributed by atoms with Crippen molar-refractivity contribution in [2.24, 2.45) is 0 Å². The van der Waals surface area contributed by atoms with Gasteiger partial charge in [-0.05, 0) is 54.5 Å². The number of carbonyl (C=O) groups is 2. The predicted octanol–water partition coefficient (Wildman–Crippen LogP) is 6.38. The summed E-state index contributed by atoms with van der Waals surface area (Å²) in [4.78, 5) is 30.8. The summed E-state index contributed by atoms with van der Waals surface area (Å²) in [5, 5.41) is 9.12. The molecule has 2 aromatic heterocycles. The summed E-state index contributed by atoms with van der Waals surface area (Å²) in [6.45, 7) is 2.47. The number of ether oxygens (including phenoxy) is 1. The third kappa shape index (κ3) is 5.06. The zero-order valence-corrected chi connectivity index (χ0v) is 21.8. The monoisotopic (exact) mass is 535 g/mol.